The molecule has 0 bridgehead atoms. The molecule has 1 aromatic carbocycles. The highest BCUT2D eigenvalue weighted by molar-refractivity contribution is 7.84. The number of aromatic amines is 1. The number of H-pyrrole nitrogens is 1. The van der Waals surface area contributed by atoms with Crippen LogP contribution in [0.1, 0.15) is 27.0 Å². The Bertz CT molecular complexity index is 959. The van der Waals surface area contributed by atoms with Crippen molar-refractivity contribution < 1.29 is 31.0 Å². The monoisotopic (exact) mass is 396 g/mol. The molecule has 2 aromatic rings. The van der Waals surface area contributed by atoms with Gasteiger partial charge in [0.15, 0.2) is 5.78 Å². The fourth-order valence-corrected chi connectivity index (χ4v) is 3.53. The van der Waals surface area contributed by atoms with Crippen LogP contribution in [0.15, 0.2) is 28.0 Å². The second-order valence-electron chi connectivity index (χ2n) is 5.52. The fourth-order valence-electron chi connectivity index (χ4n) is 2.48. The van der Waals surface area contributed by atoms with E-state index >= 15 is 0 Å². The Balaban J connectivity index is 2.73. The lowest BCUT2D eigenvalue weighted by molar-refractivity contribution is -0.290. The number of nitrogens with one attached hydrogen (secondary N) is 1. The molecule has 0 fully saturated rings. The van der Waals surface area contributed by atoms with Gasteiger partial charge >= 0.3 is 12.1 Å². The van der Waals surface area contributed by atoms with Crippen LogP contribution in [-0.4, -0.2) is 32.2 Å². The van der Waals surface area contributed by atoms with Crippen LogP contribution < -0.4 is 5.56 Å². The summed E-state index contributed by atoms with van der Waals surface area (Å²) in [5.41, 5.74) is -3.09. The molecule has 11 heteroatoms. The lowest BCUT2D eigenvalue weighted by Crippen LogP contribution is -2.35. The number of hydrogen-bond donors (Lipinski definition) is 1. The smallest absolute Gasteiger partial charge is 0.302 e. The predicted molar refractivity (Wildman–Crippen MR) is 82.9 cm³/mol. The van der Waals surface area contributed by atoms with E-state index < -0.39 is 44.7 Å². The van der Waals surface area contributed by atoms with Gasteiger partial charge in [0.2, 0.25) is 0 Å². The van der Waals surface area contributed by atoms with E-state index in [4.69, 9.17) is 0 Å². The maximum absolute atomic E-state index is 13.8. The van der Waals surface area contributed by atoms with E-state index in [-0.39, 0.29) is 16.7 Å². The first-order chi connectivity index (χ1) is 11.8. The molecule has 142 valence electrons. The SMILES string of the molecule is Cc1c(C(=O)c2c[nH]n(C)c2=O)ccc(C(F)(F)C(F)(F)F)c1S(C)=O. The molecule has 0 radical (unpaired) electrons. The zero-order valence-electron chi connectivity index (χ0n) is 13.7. The maximum Gasteiger partial charge on any atom is 0.458 e. The molecule has 5 nitrogen and oxygen atoms in total. The second kappa shape index (κ2) is 6.45. The molecule has 0 saturated heterocycles. The number of hydrogen-bond acceptors (Lipinski definition) is 3. The maximum atomic E-state index is 13.8. The molecule has 0 aliphatic heterocycles. The van der Waals surface area contributed by atoms with Crippen LogP contribution >= 0.6 is 0 Å². The average Bonchev–Trinajstić information content (AvgIpc) is 2.84. The first-order valence-corrected chi connectivity index (χ1v) is 8.57. The van der Waals surface area contributed by atoms with Crippen LogP contribution in [0.5, 0.6) is 0 Å². The van der Waals surface area contributed by atoms with E-state index in [9.17, 15) is 35.8 Å². The summed E-state index contributed by atoms with van der Waals surface area (Å²) >= 11 is 0. The highest BCUT2D eigenvalue weighted by Crippen LogP contribution is 2.46. The van der Waals surface area contributed by atoms with Crippen molar-refractivity contribution in [2.45, 2.75) is 23.9 Å². The van der Waals surface area contributed by atoms with Crippen molar-refractivity contribution in [2.24, 2.45) is 7.05 Å². The Labute approximate surface area is 146 Å². The number of carbonyl (C=O) groups is 1. The summed E-state index contributed by atoms with van der Waals surface area (Å²) in [6, 6.07) is 1.19. The van der Waals surface area contributed by atoms with Crippen molar-refractivity contribution in [3.63, 3.8) is 0 Å². The van der Waals surface area contributed by atoms with Gasteiger partial charge in [-0.05, 0) is 12.5 Å². The fraction of sp³-hybridized carbons (Fsp3) is 0.333. The molecule has 0 aliphatic rings. The Kier molecular flexibility index (Phi) is 4.97. The van der Waals surface area contributed by atoms with Crippen LogP contribution in [0.25, 0.3) is 0 Å². The highest BCUT2D eigenvalue weighted by atomic mass is 32.2. The molecule has 2 rings (SSSR count). The zero-order valence-corrected chi connectivity index (χ0v) is 14.5. The standard InChI is InChI=1S/C15H13F5N2O3S/c1-7-8(11(23)9-6-21-22(2)13(9)24)4-5-10(12(7)26(3)25)14(16,17)15(18,19)20/h4-6,21H,1-3H3. The molecule has 1 unspecified atom stereocenters. The summed E-state index contributed by atoms with van der Waals surface area (Å²) in [5, 5.41) is 2.45. The van der Waals surface area contributed by atoms with Gasteiger partial charge in [-0.15, -0.1) is 0 Å². The molecule has 0 spiro atoms. The Morgan fingerprint density at radius 2 is 1.73 bits per heavy atom. The second-order valence-corrected chi connectivity index (χ2v) is 6.84. The number of benzene rings is 1. The third-order valence-electron chi connectivity index (χ3n) is 3.81. The summed E-state index contributed by atoms with van der Waals surface area (Å²) in [6.07, 6.45) is -3.87. The van der Waals surface area contributed by atoms with E-state index in [0.29, 0.717) is 6.07 Å². The Morgan fingerprint density at radius 3 is 2.15 bits per heavy atom. The molecule has 1 atom stereocenters. The van der Waals surface area contributed by atoms with Crippen molar-refractivity contribution >= 4 is 16.6 Å². The minimum atomic E-state index is -5.89. The number of nitrogens with zero attached hydrogens (tertiary/aromatic N) is 1. The molecular formula is C15H13F5N2O3S. The van der Waals surface area contributed by atoms with Gasteiger partial charge in [0.1, 0.15) is 5.56 Å². The lowest BCUT2D eigenvalue weighted by atomic mass is 9.96. The average molecular weight is 396 g/mol. The summed E-state index contributed by atoms with van der Waals surface area (Å²) in [5.74, 6) is -6.12. The predicted octanol–water partition coefficient (Wildman–Crippen LogP) is 2.64. The third-order valence-corrected chi connectivity index (χ3v) is 4.92. The van der Waals surface area contributed by atoms with Gasteiger partial charge in [0.25, 0.3) is 5.56 Å². The minimum Gasteiger partial charge on any atom is -0.302 e. The summed E-state index contributed by atoms with van der Waals surface area (Å²) < 4.78 is 78.6. The molecule has 0 amide bonds. The van der Waals surface area contributed by atoms with E-state index in [1.54, 1.807) is 0 Å². The third kappa shape index (κ3) is 3.11. The number of aromatic nitrogens is 2. The van der Waals surface area contributed by atoms with Crippen LogP contribution in [0.2, 0.25) is 0 Å². The van der Waals surface area contributed by atoms with Crippen molar-refractivity contribution in [3.05, 3.63) is 50.9 Å². The molecule has 26 heavy (non-hydrogen) atoms. The van der Waals surface area contributed by atoms with Crippen molar-refractivity contribution in [2.75, 3.05) is 6.26 Å². The van der Waals surface area contributed by atoms with E-state index in [1.165, 1.54) is 7.05 Å². The first-order valence-electron chi connectivity index (χ1n) is 7.01. The number of rotatable bonds is 4. The van der Waals surface area contributed by atoms with E-state index in [0.717, 1.165) is 30.1 Å². The van der Waals surface area contributed by atoms with Gasteiger partial charge in [-0.25, -0.2) is 0 Å². The summed E-state index contributed by atoms with van der Waals surface area (Å²) in [7, 11) is -0.901. The molecule has 1 N–H and O–H groups in total. The molecule has 0 saturated carbocycles. The van der Waals surface area contributed by atoms with Gasteiger partial charge in [0, 0.05) is 30.6 Å². The minimum absolute atomic E-state index is 0.284. The van der Waals surface area contributed by atoms with Gasteiger partial charge in [-0.3, -0.25) is 18.5 Å². The zero-order chi connectivity index (χ0) is 20.0. The Hall–Kier alpha value is -2.30. The number of carbonyl (C=O) groups excluding carboxylic acids is 1. The van der Waals surface area contributed by atoms with Crippen molar-refractivity contribution in [3.8, 4) is 0 Å². The molecule has 0 aliphatic carbocycles. The normalized spacial score (nSPS) is 13.7. The van der Waals surface area contributed by atoms with Gasteiger partial charge < -0.3 is 5.10 Å². The van der Waals surface area contributed by atoms with Crippen LogP contribution in [0, 0.1) is 6.92 Å². The van der Waals surface area contributed by atoms with Gasteiger partial charge in [-0.1, -0.05) is 12.1 Å². The molecular weight excluding hydrogens is 383 g/mol. The summed E-state index contributed by atoms with van der Waals surface area (Å²) in [6.45, 7) is 1.11. The molecule has 1 heterocycles. The molecule has 1 aromatic heterocycles. The van der Waals surface area contributed by atoms with Crippen molar-refractivity contribution in [1.29, 1.82) is 0 Å². The number of alkyl halides is 5. The largest absolute Gasteiger partial charge is 0.458 e. The van der Waals surface area contributed by atoms with Gasteiger partial charge in [0.05, 0.1) is 15.7 Å². The first kappa shape index (κ1) is 20.0. The van der Waals surface area contributed by atoms with E-state index in [1.807, 2.05) is 0 Å². The topological polar surface area (TPSA) is 71.9 Å². The Morgan fingerprint density at radius 1 is 1.15 bits per heavy atom. The highest BCUT2D eigenvalue weighted by Gasteiger charge is 2.60. The van der Waals surface area contributed by atoms with Crippen LogP contribution in [-0.2, 0) is 23.8 Å². The van der Waals surface area contributed by atoms with Crippen LogP contribution in [0.3, 0.4) is 0 Å². The van der Waals surface area contributed by atoms with E-state index in [2.05, 4.69) is 5.10 Å². The van der Waals surface area contributed by atoms with Gasteiger partial charge in [-0.2, -0.15) is 22.0 Å². The quantitative estimate of drug-likeness (QED) is 0.638. The van der Waals surface area contributed by atoms with Crippen molar-refractivity contribution in [1.82, 2.24) is 9.78 Å². The lowest BCUT2D eigenvalue weighted by Gasteiger charge is -2.23. The number of halogens is 5. The summed E-state index contributed by atoms with van der Waals surface area (Å²) in [4.78, 5) is 23.6. The number of ketones is 1. The van der Waals surface area contributed by atoms with Crippen LogP contribution in [0.4, 0.5) is 22.0 Å². The number of aryl methyl sites for hydroxylation is 1.